The lowest BCUT2D eigenvalue weighted by molar-refractivity contribution is -0.123. The van der Waals surface area contributed by atoms with Gasteiger partial charge in [-0.3, -0.25) is 4.79 Å². The Bertz CT molecular complexity index is 273. The average Bonchev–Trinajstić information content (AvgIpc) is 2.32. The Labute approximate surface area is 118 Å². The summed E-state index contributed by atoms with van der Waals surface area (Å²) in [6.45, 7) is 9.79. The number of amides is 1. The summed E-state index contributed by atoms with van der Waals surface area (Å²) < 4.78 is 0. The molecule has 112 valence electrons. The van der Waals surface area contributed by atoms with Gasteiger partial charge in [-0.15, -0.1) is 0 Å². The van der Waals surface area contributed by atoms with Crippen molar-refractivity contribution < 1.29 is 4.79 Å². The van der Waals surface area contributed by atoms with Crippen LogP contribution in [-0.4, -0.2) is 42.0 Å². The van der Waals surface area contributed by atoms with E-state index < -0.39 is 0 Å². The van der Waals surface area contributed by atoms with E-state index >= 15 is 0 Å². The first-order valence-electron chi connectivity index (χ1n) is 7.79. The summed E-state index contributed by atoms with van der Waals surface area (Å²) >= 11 is 0. The highest BCUT2D eigenvalue weighted by Crippen LogP contribution is 2.31. The molecule has 4 nitrogen and oxygen atoms in total. The summed E-state index contributed by atoms with van der Waals surface area (Å²) in [5.74, 6) is 0.123. The van der Waals surface area contributed by atoms with Crippen LogP contribution in [0.1, 0.15) is 59.3 Å². The van der Waals surface area contributed by atoms with Crippen LogP contribution in [0.4, 0.5) is 0 Å². The Kier molecular flexibility index (Phi) is 6.80. The number of rotatable bonds is 9. The molecule has 0 saturated heterocycles. The number of nitrogens with two attached hydrogens (primary N) is 1. The van der Waals surface area contributed by atoms with E-state index in [2.05, 4.69) is 31.0 Å². The van der Waals surface area contributed by atoms with E-state index in [0.717, 1.165) is 45.3 Å². The minimum absolute atomic E-state index is 0.123. The van der Waals surface area contributed by atoms with Gasteiger partial charge < -0.3 is 16.0 Å². The lowest BCUT2D eigenvalue weighted by atomic mass is 9.75. The van der Waals surface area contributed by atoms with Crippen molar-refractivity contribution in [1.29, 1.82) is 0 Å². The van der Waals surface area contributed by atoms with Gasteiger partial charge in [0.1, 0.15) is 0 Å². The molecule has 1 rings (SSSR count). The van der Waals surface area contributed by atoms with E-state index in [4.69, 9.17) is 5.73 Å². The number of carbonyl (C=O) groups excluding carboxylic acids is 1. The molecule has 0 bridgehead atoms. The highest BCUT2D eigenvalue weighted by Gasteiger charge is 2.34. The molecule has 1 amide bonds. The van der Waals surface area contributed by atoms with Gasteiger partial charge >= 0.3 is 0 Å². The van der Waals surface area contributed by atoms with E-state index in [1.807, 2.05) is 0 Å². The monoisotopic (exact) mass is 269 g/mol. The van der Waals surface area contributed by atoms with Gasteiger partial charge in [-0.25, -0.2) is 0 Å². The molecule has 0 aromatic rings. The van der Waals surface area contributed by atoms with E-state index in [-0.39, 0.29) is 17.5 Å². The fraction of sp³-hybridized carbons (Fsp3) is 0.933. The van der Waals surface area contributed by atoms with Gasteiger partial charge in [-0.05, 0) is 58.7 Å². The van der Waals surface area contributed by atoms with E-state index in [1.165, 1.54) is 6.42 Å². The van der Waals surface area contributed by atoms with Crippen LogP contribution in [0.5, 0.6) is 0 Å². The molecule has 0 aromatic carbocycles. The molecule has 0 aliphatic heterocycles. The lowest BCUT2D eigenvalue weighted by Crippen LogP contribution is -2.50. The quantitative estimate of drug-likeness (QED) is 0.672. The Morgan fingerprint density at radius 2 is 2.00 bits per heavy atom. The van der Waals surface area contributed by atoms with Crippen LogP contribution in [0.25, 0.3) is 0 Å². The highest BCUT2D eigenvalue weighted by atomic mass is 16.1. The van der Waals surface area contributed by atoms with E-state index in [0.29, 0.717) is 6.42 Å². The van der Waals surface area contributed by atoms with Gasteiger partial charge in [0.15, 0.2) is 0 Å². The van der Waals surface area contributed by atoms with Crippen LogP contribution in [0.3, 0.4) is 0 Å². The Morgan fingerprint density at radius 1 is 1.37 bits per heavy atom. The van der Waals surface area contributed by atoms with Gasteiger partial charge in [-0.2, -0.15) is 0 Å². The second-order valence-electron chi connectivity index (χ2n) is 6.03. The molecule has 0 heterocycles. The van der Waals surface area contributed by atoms with Crippen LogP contribution in [0, 0.1) is 0 Å². The maximum Gasteiger partial charge on any atom is 0.222 e. The summed E-state index contributed by atoms with van der Waals surface area (Å²) in [6, 6.07) is 0.256. The topological polar surface area (TPSA) is 58.4 Å². The van der Waals surface area contributed by atoms with Crippen LogP contribution in [-0.2, 0) is 4.79 Å². The van der Waals surface area contributed by atoms with Crippen molar-refractivity contribution in [3.63, 3.8) is 0 Å². The van der Waals surface area contributed by atoms with Crippen LogP contribution >= 0.6 is 0 Å². The number of nitrogens with one attached hydrogen (secondary N) is 1. The molecule has 1 saturated carbocycles. The minimum Gasteiger partial charge on any atom is -0.354 e. The summed E-state index contributed by atoms with van der Waals surface area (Å²) in [4.78, 5) is 14.3. The largest absolute Gasteiger partial charge is 0.354 e. The fourth-order valence-corrected chi connectivity index (χ4v) is 2.69. The summed E-state index contributed by atoms with van der Waals surface area (Å²) in [5.41, 5.74) is 5.88. The molecule has 0 spiro atoms. The maximum absolute atomic E-state index is 11.9. The molecule has 1 aliphatic rings. The fourth-order valence-electron chi connectivity index (χ4n) is 2.69. The van der Waals surface area contributed by atoms with Crippen LogP contribution in [0.2, 0.25) is 0 Å². The third-order valence-electron chi connectivity index (χ3n) is 4.28. The molecule has 1 fully saturated rings. The Morgan fingerprint density at radius 3 is 2.47 bits per heavy atom. The summed E-state index contributed by atoms with van der Waals surface area (Å²) in [7, 11) is 0. The molecule has 0 radical (unpaired) electrons. The van der Waals surface area contributed by atoms with Crippen molar-refractivity contribution in [2.75, 3.05) is 19.6 Å². The molecule has 19 heavy (non-hydrogen) atoms. The highest BCUT2D eigenvalue weighted by molar-refractivity contribution is 5.77. The van der Waals surface area contributed by atoms with Crippen molar-refractivity contribution in [2.24, 2.45) is 5.73 Å². The smallest absolute Gasteiger partial charge is 0.222 e. The zero-order chi connectivity index (χ0) is 14.3. The second kappa shape index (κ2) is 7.85. The summed E-state index contributed by atoms with van der Waals surface area (Å²) in [5, 5.41) is 3.08. The van der Waals surface area contributed by atoms with Gasteiger partial charge in [0.05, 0.1) is 0 Å². The molecule has 4 heteroatoms. The second-order valence-corrected chi connectivity index (χ2v) is 6.03. The van der Waals surface area contributed by atoms with Crippen LogP contribution < -0.4 is 11.1 Å². The first-order valence-corrected chi connectivity index (χ1v) is 7.79. The van der Waals surface area contributed by atoms with Crippen molar-refractivity contribution >= 4 is 5.91 Å². The molecular formula is C15H31N3O. The first-order chi connectivity index (χ1) is 8.99. The zero-order valence-corrected chi connectivity index (χ0v) is 12.9. The first kappa shape index (κ1) is 16.4. The zero-order valence-electron chi connectivity index (χ0n) is 12.9. The SMILES string of the molecule is CCN(CC)CCCC(C)NC(=O)CC1(N)CCC1. The molecule has 1 unspecified atom stereocenters. The number of carbonyl (C=O) groups is 1. The molecule has 0 aromatic heterocycles. The van der Waals surface area contributed by atoms with Gasteiger partial charge in [0, 0.05) is 18.0 Å². The number of nitrogens with zero attached hydrogens (tertiary/aromatic N) is 1. The Hall–Kier alpha value is -0.610. The van der Waals surface area contributed by atoms with Gasteiger partial charge in [0.25, 0.3) is 0 Å². The van der Waals surface area contributed by atoms with Gasteiger partial charge in [-0.1, -0.05) is 13.8 Å². The van der Waals surface area contributed by atoms with E-state index in [1.54, 1.807) is 0 Å². The van der Waals surface area contributed by atoms with Gasteiger partial charge in [0.2, 0.25) is 5.91 Å². The molecule has 1 aliphatic carbocycles. The molecular weight excluding hydrogens is 238 g/mol. The van der Waals surface area contributed by atoms with Crippen LogP contribution in [0.15, 0.2) is 0 Å². The molecule has 1 atom stereocenters. The predicted molar refractivity (Wildman–Crippen MR) is 80.0 cm³/mol. The maximum atomic E-state index is 11.9. The minimum atomic E-state index is -0.203. The predicted octanol–water partition coefficient (Wildman–Crippen LogP) is 1.88. The number of hydrogen-bond acceptors (Lipinski definition) is 3. The summed E-state index contributed by atoms with van der Waals surface area (Å²) in [6.07, 6.45) is 5.83. The van der Waals surface area contributed by atoms with Crippen molar-refractivity contribution in [2.45, 2.75) is 70.9 Å². The van der Waals surface area contributed by atoms with Crippen molar-refractivity contribution in [1.82, 2.24) is 10.2 Å². The average molecular weight is 269 g/mol. The Balaban J connectivity index is 2.12. The van der Waals surface area contributed by atoms with Crippen molar-refractivity contribution in [3.8, 4) is 0 Å². The molecule has 3 N–H and O–H groups in total. The normalized spacial score (nSPS) is 19.0. The third-order valence-corrected chi connectivity index (χ3v) is 4.28. The number of hydrogen-bond donors (Lipinski definition) is 2. The lowest BCUT2D eigenvalue weighted by Gasteiger charge is -2.37. The van der Waals surface area contributed by atoms with E-state index in [9.17, 15) is 4.79 Å². The standard InChI is InChI=1S/C15H31N3O/c1-4-18(5-2)11-6-8-13(3)17-14(19)12-15(16)9-7-10-15/h13H,4-12,16H2,1-3H3,(H,17,19). The third kappa shape index (κ3) is 5.91. The van der Waals surface area contributed by atoms with Crippen molar-refractivity contribution in [3.05, 3.63) is 0 Å².